The lowest BCUT2D eigenvalue weighted by Crippen LogP contribution is -2.23. The molecule has 4 nitrogen and oxygen atoms in total. The number of amides is 1. The normalized spacial score (nSPS) is 10.8. The molecular formula is C14H11N3OS. The number of nitrogens with zero attached hydrogens (tertiary/aromatic N) is 2. The molecule has 0 bridgehead atoms. The summed E-state index contributed by atoms with van der Waals surface area (Å²) >= 11 is 1.56. The molecule has 2 heterocycles. The van der Waals surface area contributed by atoms with E-state index in [9.17, 15) is 4.79 Å². The lowest BCUT2D eigenvalue weighted by molar-refractivity contribution is -0.117. The van der Waals surface area contributed by atoms with E-state index in [1.165, 1.54) is 6.08 Å². The van der Waals surface area contributed by atoms with E-state index in [1.54, 1.807) is 35.9 Å². The number of thiophene rings is 1. The van der Waals surface area contributed by atoms with Gasteiger partial charge in [0.05, 0.1) is 6.54 Å². The first kappa shape index (κ1) is 13.0. The highest BCUT2D eigenvalue weighted by molar-refractivity contribution is 7.09. The molecule has 19 heavy (non-hydrogen) atoms. The summed E-state index contributed by atoms with van der Waals surface area (Å²) in [4.78, 5) is 16.8. The van der Waals surface area contributed by atoms with Gasteiger partial charge in [0.15, 0.2) is 0 Å². The summed E-state index contributed by atoms with van der Waals surface area (Å²) in [6.45, 7) is 0.433. The summed E-state index contributed by atoms with van der Waals surface area (Å²) < 4.78 is 0. The third-order valence-electron chi connectivity index (χ3n) is 2.36. The molecule has 0 aliphatic rings. The van der Waals surface area contributed by atoms with Crippen LogP contribution in [0, 0.1) is 11.3 Å². The van der Waals surface area contributed by atoms with Crippen molar-refractivity contribution in [2.45, 2.75) is 6.54 Å². The van der Waals surface area contributed by atoms with Crippen molar-refractivity contribution in [2.75, 3.05) is 0 Å². The number of nitriles is 1. The van der Waals surface area contributed by atoms with Gasteiger partial charge in [-0.2, -0.15) is 5.26 Å². The number of carbonyl (C=O) groups is 1. The van der Waals surface area contributed by atoms with E-state index in [-0.39, 0.29) is 11.5 Å². The minimum Gasteiger partial charge on any atom is -0.347 e. The molecule has 0 fully saturated rings. The Bertz CT molecular complexity index is 612. The van der Waals surface area contributed by atoms with Crippen molar-refractivity contribution >= 4 is 23.3 Å². The number of rotatable bonds is 4. The quantitative estimate of drug-likeness (QED) is 0.684. The van der Waals surface area contributed by atoms with Gasteiger partial charge in [-0.1, -0.05) is 12.1 Å². The Hall–Kier alpha value is -2.45. The summed E-state index contributed by atoms with van der Waals surface area (Å²) in [6.07, 6.45) is 4.76. The number of hydrogen-bond donors (Lipinski definition) is 1. The first-order chi connectivity index (χ1) is 9.29. The van der Waals surface area contributed by atoms with E-state index in [2.05, 4.69) is 10.3 Å². The Kier molecular flexibility index (Phi) is 4.43. The molecule has 0 unspecified atom stereocenters. The van der Waals surface area contributed by atoms with Crippen LogP contribution in [0.3, 0.4) is 0 Å². The molecule has 2 aromatic heterocycles. The van der Waals surface area contributed by atoms with Gasteiger partial charge in [0.25, 0.3) is 5.91 Å². The monoisotopic (exact) mass is 269 g/mol. The molecule has 1 N–H and O–H groups in total. The molecule has 1 amide bonds. The second-order valence-electron chi connectivity index (χ2n) is 3.72. The maximum Gasteiger partial charge on any atom is 0.262 e. The second kappa shape index (κ2) is 6.47. The fourth-order valence-corrected chi connectivity index (χ4v) is 2.10. The zero-order valence-electron chi connectivity index (χ0n) is 10.0. The molecule has 2 aromatic rings. The highest BCUT2D eigenvalue weighted by atomic mass is 32.1. The van der Waals surface area contributed by atoms with E-state index in [4.69, 9.17) is 5.26 Å². The maximum atomic E-state index is 11.9. The van der Waals surface area contributed by atoms with E-state index in [0.29, 0.717) is 6.54 Å². The Balaban J connectivity index is 2.04. The van der Waals surface area contributed by atoms with Crippen molar-refractivity contribution in [3.8, 4) is 6.07 Å². The predicted molar refractivity (Wildman–Crippen MR) is 74.0 cm³/mol. The molecule has 0 spiro atoms. The van der Waals surface area contributed by atoms with Crippen molar-refractivity contribution in [3.63, 3.8) is 0 Å². The molecule has 2 rings (SSSR count). The fraction of sp³-hybridized carbons (Fsp3) is 0.0714. The van der Waals surface area contributed by atoms with Crippen LogP contribution in [0.15, 0.2) is 47.6 Å². The van der Waals surface area contributed by atoms with Crippen LogP contribution >= 0.6 is 11.3 Å². The van der Waals surface area contributed by atoms with Gasteiger partial charge in [-0.25, -0.2) is 0 Å². The zero-order chi connectivity index (χ0) is 13.5. The van der Waals surface area contributed by atoms with Crippen molar-refractivity contribution in [3.05, 3.63) is 58.1 Å². The molecule has 0 aromatic carbocycles. The van der Waals surface area contributed by atoms with Crippen molar-refractivity contribution in [1.82, 2.24) is 10.3 Å². The van der Waals surface area contributed by atoms with Crippen LogP contribution in [0.4, 0.5) is 0 Å². The van der Waals surface area contributed by atoms with Gasteiger partial charge >= 0.3 is 0 Å². The second-order valence-corrected chi connectivity index (χ2v) is 4.75. The van der Waals surface area contributed by atoms with Crippen LogP contribution in [0.5, 0.6) is 0 Å². The number of nitrogens with one attached hydrogen (secondary N) is 1. The van der Waals surface area contributed by atoms with Crippen molar-refractivity contribution in [1.29, 1.82) is 5.26 Å². The van der Waals surface area contributed by atoms with E-state index < -0.39 is 0 Å². The molecule has 0 saturated heterocycles. The average molecular weight is 269 g/mol. The van der Waals surface area contributed by atoms with Gasteiger partial charge < -0.3 is 5.32 Å². The Labute approximate surface area is 115 Å². The van der Waals surface area contributed by atoms with Gasteiger partial charge in [0.1, 0.15) is 11.6 Å². The van der Waals surface area contributed by atoms with Gasteiger partial charge in [-0.05, 0) is 29.2 Å². The van der Waals surface area contributed by atoms with E-state index >= 15 is 0 Å². The number of pyridine rings is 1. The first-order valence-electron chi connectivity index (χ1n) is 5.62. The molecule has 0 aliphatic heterocycles. The highest BCUT2D eigenvalue weighted by Crippen LogP contribution is 2.09. The van der Waals surface area contributed by atoms with E-state index in [1.807, 2.05) is 23.6 Å². The fourth-order valence-electron chi connectivity index (χ4n) is 1.45. The minimum absolute atomic E-state index is 0.0737. The Morgan fingerprint density at radius 1 is 1.47 bits per heavy atom. The van der Waals surface area contributed by atoms with Crippen LogP contribution in [0.2, 0.25) is 0 Å². The summed E-state index contributed by atoms with van der Waals surface area (Å²) in [6, 6.07) is 9.30. The summed E-state index contributed by atoms with van der Waals surface area (Å²) in [5.41, 5.74) is 0.801. The first-order valence-corrected chi connectivity index (χ1v) is 6.50. The standard InChI is InChI=1S/C14H11N3OS/c15-8-12(7-11-3-1-5-16-9-11)14(18)17-10-13-4-2-6-19-13/h1-7,9H,10H2,(H,17,18)/b12-7-. The van der Waals surface area contributed by atoms with Gasteiger partial charge in [0, 0.05) is 17.3 Å². The minimum atomic E-state index is -0.375. The molecular weight excluding hydrogens is 258 g/mol. The van der Waals surface area contributed by atoms with Crippen LogP contribution in [-0.4, -0.2) is 10.9 Å². The van der Waals surface area contributed by atoms with Gasteiger partial charge in [-0.3, -0.25) is 9.78 Å². The molecule has 0 radical (unpaired) electrons. The van der Waals surface area contributed by atoms with Crippen molar-refractivity contribution in [2.24, 2.45) is 0 Å². The Morgan fingerprint density at radius 2 is 2.37 bits per heavy atom. The molecule has 94 valence electrons. The van der Waals surface area contributed by atoms with E-state index in [0.717, 1.165) is 10.4 Å². The van der Waals surface area contributed by atoms with Gasteiger partial charge in [-0.15, -0.1) is 11.3 Å². The third kappa shape index (κ3) is 3.76. The average Bonchev–Trinajstić information content (AvgIpc) is 2.96. The topological polar surface area (TPSA) is 65.8 Å². The predicted octanol–water partition coefficient (Wildman–Crippen LogP) is 2.37. The Morgan fingerprint density at radius 3 is 3.00 bits per heavy atom. The van der Waals surface area contributed by atoms with Crippen LogP contribution < -0.4 is 5.32 Å². The largest absolute Gasteiger partial charge is 0.347 e. The molecule has 0 saturated carbocycles. The number of hydrogen-bond acceptors (Lipinski definition) is 4. The smallest absolute Gasteiger partial charge is 0.262 e. The SMILES string of the molecule is N#C/C(=C/c1cccnc1)C(=O)NCc1cccs1. The van der Waals surface area contributed by atoms with Crippen LogP contribution in [0.1, 0.15) is 10.4 Å². The number of aromatic nitrogens is 1. The molecule has 5 heteroatoms. The maximum absolute atomic E-state index is 11.9. The zero-order valence-corrected chi connectivity index (χ0v) is 10.9. The van der Waals surface area contributed by atoms with Crippen LogP contribution in [0.25, 0.3) is 6.08 Å². The summed E-state index contributed by atoms with van der Waals surface area (Å²) in [7, 11) is 0. The number of carbonyl (C=O) groups excluding carboxylic acids is 1. The van der Waals surface area contributed by atoms with Gasteiger partial charge in [0.2, 0.25) is 0 Å². The highest BCUT2D eigenvalue weighted by Gasteiger charge is 2.08. The third-order valence-corrected chi connectivity index (χ3v) is 3.24. The van der Waals surface area contributed by atoms with Crippen LogP contribution in [-0.2, 0) is 11.3 Å². The summed E-state index contributed by atoms with van der Waals surface area (Å²) in [5.74, 6) is -0.375. The summed E-state index contributed by atoms with van der Waals surface area (Å²) in [5, 5.41) is 13.7. The lowest BCUT2D eigenvalue weighted by atomic mass is 10.1. The lowest BCUT2D eigenvalue weighted by Gasteiger charge is -2.02. The molecule has 0 atom stereocenters. The van der Waals surface area contributed by atoms with Crippen molar-refractivity contribution < 1.29 is 4.79 Å². The molecule has 0 aliphatic carbocycles.